The molecule has 0 spiro atoms. The fourth-order valence-corrected chi connectivity index (χ4v) is 10.4. The molecule has 0 unspecified atom stereocenters. The Morgan fingerprint density at radius 3 is 0.821 bits per heavy atom. The van der Waals surface area contributed by atoms with Gasteiger partial charge in [0.2, 0.25) is 0 Å². The molecular formula is C76H56N2. The average Bonchev–Trinajstić information content (AvgIpc) is 2.23. The molecule has 78 heavy (non-hydrogen) atoms. The van der Waals surface area contributed by atoms with E-state index in [1.54, 1.807) is 12.1 Å². The van der Waals surface area contributed by atoms with E-state index in [1.807, 2.05) is 60.7 Å². The molecule has 12 rings (SSSR count). The van der Waals surface area contributed by atoms with Gasteiger partial charge >= 0.3 is 0 Å². The standard InChI is InChI=1S/C76H56N2/c1-3-55-19-17-29-65(51-55)61-35-45-71(46-36-61)77(75-49-39-67(57-21-9-5-10-22-57)53-73(75)63-25-13-7-14-26-63)69-41-31-59(32-42-69)60-33-43-70(44-34-60)78(72-47-37-62(38-48-72)66-30-18-20-56(4-2)52-66)76-50-40-68(58-23-11-6-12-24-58)54-74(76)64-27-15-8-16-28-64/h3-54H,1-2H2/i1D2,2D2,3D,4D. The van der Waals surface area contributed by atoms with Crippen molar-refractivity contribution >= 4 is 46.2 Å². The first-order valence-electron chi connectivity index (χ1n) is 29.1. The minimum Gasteiger partial charge on any atom is -0.310 e. The normalized spacial score (nSPS) is 11.9. The largest absolute Gasteiger partial charge is 0.310 e. The van der Waals surface area contributed by atoms with E-state index >= 15 is 0 Å². The third-order valence-corrected chi connectivity index (χ3v) is 14.4. The zero-order valence-electron chi connectivity index (χ0n) is 48.8. The molecule has 0 heterocycles. The Bertz CT molecular complexity index is 4030. The molecule has 370 valence electrons. The molecule has 0 aliphatic heterocycles. The second kappa shape index (κ2) is 22.3. The highest BCUT2D eigenvalue weighted by molar-refractivity contribution is 5.93. The first-order chi connectivity index (χ1) is 41.1. The molecule has 0 atom stereocenters. The topological polar surface area (TPSA) is 6.48 Å². The zero-order valence-corrected chi connectivity index (χ0v) is 42.8. The van der Waals surface area contributed by atoms with E-state index in [-0.39, 0.29) is 12.1 Å². The monoisotopic (exact) mass is 1000 g/mol. The third kappa shape index (κ3) is 10.3. The Labute approximate surface area is 467 Å². The first-order valence-corrected chi connectivity index (χ1v) is 26.1. The molecule has 0 aromatic heterocycles. The van der Waals surface area contributed by atoms with Gasteiger partial charge in [0, 0.05) is 33.9 Å². The highest BCUT2D eigenvalue weighted by atomic mass is 15.1. The number of hydrogen-bond acceptors (Lipinski definition) is 2. The van der Waals surface area contributed by atoms with Gasteiger partial charge in [0.25, 0.3) is 0 Å². The predicted octanol–water partition coefficient (Wildman–Crippen LogP) is 21.6. The van der Waals surface area contributed by atoms with Gasteiger partial charge in [-0.25, -0.2) is 0 Å². The van der Waals surface area contributed by atoms with Crippen LogP contribution in [0.4, 0.5) is 34.1 Å². The highest BCUT2D eigenvalue weighted by Gasteiger charge is 2.21. The lowest BCUT2D eigenvalue weighted by Crippen LogP contribution is -2.11. The molecule has 0 amide bonds. The first kappa shape index (κ1) is 42.0. The van der Waals surface area contributed by atoms with E-state index in [2.05, 4.69) is 240 Å². The van der Waals surface area contributed by atoms with Crippen molar-refractivity contribution < 1.29 is 8.22 Å². The summed E-state index contributed by atoms with van der Waals surface area (Å²) in [6, 6.07) is 104. The second-order valence-corrected chi connectivity index (χ2v) is 19.2. The van der Waals surface area contributed by atoms with Crippen LogP contribution in [0.1, 0.15) is 19.4 Å². The van der Waals surface area contributed by atoms with Crippen molar-refractivity contribution in [3.8, 4) is 77.9 Å². The van der Waals surface area contributed by atoms with Crippen LogP contribution in [0, 0.1) is 0 Å². The molecule has 0 aliphatic carbocycles. The lowest BCUT2D eigenvalue weighted by molar-refractivity contribution is 1.28. The fourth-order valence-electron chi connectivity index (χ4n) is 10.4. The molecule has 0 saturated carbocycles. The highest BCUT2D eigenvalue weighted by Crippen LogP contribution is 2.46. The summed E-state index contributed by atoms with van der Waals surface area (Å²) in [6.07, 6.45) is 0. The summed E-state index contributed by atoms with van der Waals surface area (Å²) in [6.45, 7) is -1.04. The molecule has 12 aromatic carbocycles. The molecule has 0 fully saturated rings. The van der Waals surface area contributed by atoms with Crippen LogP contribution < -0.4 is 9.80 Å². The number of anilines is 6. The molecule has 12 aromatic rings. The van der Waals surface area contributed by atoms with E-state index in [4.69, 9.17) is 8.22 Å². The van der Waals surface area contributed by atoms with Crippen LogP contribution in [-0.4, -0.2) is 0 Å². The Morgan fingerprint density at radius 1 is 0.244 bits per heavy atom. The van der Waals surface area contributed by atoms with Crippen molar-refractivity contribution in [1.29, 1.82) is 0 Å². The maximum absolute atomic E-state index is 8.33. The second-order valence-electron chi connectivity index (χ2n) is 19.2. The fraction of sp³-hybridized carbons (Fsp3) is 0. The van der Waals surface area contributed by atoms with Crippen LogP contribution in [0.15, 0.2) is 316 Å². The molecule has 2 nitrogen and oxygen atoms in total. The van der Waals surface area contributed by atoms with E-state index in [0.717, 1.165) is 112 Å². The van der Waals surface area contributed by atoms with Gasteiger partial charge in [0.15, 0.2) is 0 Å². The third-order valence-electron chi connectivity index (χ3n) is 14.4. The number of hydrogen-bond donors (Lipinski definition) is 0. The molecule has 0 saturated heterocycles. The minimum absolute atomic E-state index is 0.118. The van der Waals surface area contributed by atoms with Gasteiger partial charge in [-0.15, -0.1) is 0 Å². The summed E-state index contributed by atoms with van der Waals surface area (Å²) in [7, 11) is 0. The van der Waals surface area contributed by atoms with Crippen LogP contribution in [0.2, 0.25) is 0 Å². The van der Waals surface area contributed by atoms with Crippen molar-refractivity contribution in [2.45, 2.75) is 0 Å². The summed E-state index contributed by atoms with van der Waals surface area (Å²) >= 11 is 0. The Balaban J connectivity index is 0.938. The number of nitrogens with zero attached hydrogens (tertiary/aromatic N) is 2. The van der Waals surface area contributed by atoms with Gasteiger partial charge in [-0.2, -0.15) is 0 Å². The summed E-state index contributed by atoms with van der Waals surface area (Å²) in [4.78, 5) is 4.62. The van der Waals surface area contributed by atoms with Crippen molar-refractivity contribution in [3.05, 3.63) is 328 Å². The quantitative estimate of drug-likeness (QED) is 0.101. The summed E-state index contributed by atoms with van der Waals surface area (Å²) < 4.78 is 47.7. The van der Waals surface area contributed by atoms with Crippen molar-refractivity contribution in [1.82, 2.24) is 0 Å². The summed E-state index contributed by atoms with van der Waals surface area (Å²) in [5.41, 5.74) is 21.6. The minimum atomic E-state index is -0.521. The summed E-state index contributed by atoms with van der Waals surface area (Å²) in [5, 5.41) is 0. The van der Waals surface area contributed by atoms with Crippen LogP contribution in [0.5, 0.6) is 0 Å². The lowest BCUT2D eigenvalue weighted by atomic mass is 9.95. The van der Waals surface area contributed by atoms with Gasteiger partial charge in [0.1, 0.15) is 0 Å². The lowest BCUT2D eigenvalue weighted by Gasteiger charge is -2.29. The Hall–Kier alpha value is -10.3. The van der Waals surface area contributed by atoms with Gasteiger partial charge < -0.3 is 9.80 Å². The molecule has 2 heteroatoms. The smallest absolute Gasteiger partial charge is 0.0623 e. The Kier molecular flexibility index (Phi) is 12.0. The summed E-state index contributed by atoms with van der Waals surface area (Å²) in [5.74, 6) is 0. The van der Waals surface area contributed by atoms with Crippen LogP contribution in [0.25, 0.3) is 90.0 Å². The SMILES string of the molecule is [2H]C([2H])=C([2H])c1cccc(-c2ccc(N(c3ccc(-c4ccc(N(c5ccc(-c6cccc(C([2H])=C([2H])[2H])c6)cc5)c5ccc(-c6ccccc6)cc5-c5ccccc5)cc4)cc3)c3ccc(-c4ccccc4)cc3-c3ccccc3)cc2)c1. The van der Waals surface area contributed by atoms with Crippen LogP contribution in [0.3, 0.4) is 0 Å². The number of rotatable bonds is 15. The Morgan fingerprint density at radius 2 is 0.500 bits per heavy atom. The van der Waals surface area contributed by atoms with Crippen molar-refractivity contribution in [2.75, 3.05) is 9.80 Å². The van der Waals surface area contributed by atoms with Gasteiger partial charge in [-0.1, -0.05) is 244 Å². The predicted molar refractivity (Wildman–Crippen MR) is 334 cm³/mol. The van der Waals surface area contributed by atoms with Crippen molar-refractivity contribution in [2.24, 2.45) is 0 Å². The molecule has 0 aliphatic rings. The molecule has 0 bridgehead atoms. The van der Waals surface area contributed by atoms with Gasteiger partial charge in [-0.3, -0.25) is 0 Å². The van der Waals surface area contributed by atoms with Crippen molar-refractivity contribution in [3.63, 3.8) is 0 Å². The van der Waals surface area contributed by atoms with E-state index in [9.17, 15) is 0 Å². The maximum atomic E-state index is 8.33. The molecule has 0 N–H and O–H groups in total. The van der Waals surface area contributed by atoms with Gasteiger partial charge in [0.05, 0.1) is 19.6 Å². The maximum Gasteiger partial charge on any atom is 0.0623 e. The zero-order chi connectivity index (χ0) is 57.5. The average molecular weight is 1000 g/mol. The number of benzene rings is 12. The van der Waals surface area contributed by atoms with Crippen LogP contribution in [-0.2, 0) is 0 Å². The molecular weight excluding hydrogens is 941 g/mol. The van der Waals surface area contributed by atoms with E-state index < -0.39 is 13.1 Å². The van der Waals surface area contributed by atoms with E-state index in [0.29, 0.717) is 11.1 Å². The van der Waals surface area contributed by atoms with Crippen LogP contribution >= 0.6 is 0 Å². The molecule has 0 radical (unpaired) electrons. The van der Waals surface area contributed by atoms with Gasteiger partial charge in [-0.05, 0) is 163 Å². The van der Waals surface area contributed by atoms with E-state index in [1.165, 1.54) is 0 Å².